The van der Waals surface area contributed by atoms with Gasteiger partial charge in [-0.05, 0) is 55.4 Å². The number of ether oxygens (including phenoxy) is 1. The van der Waals surface area contributed by atoms with E-state index in [9.17, 15) is 19.2 Å². The van der Waals surface area contributed by atoms with Crippen molar-refractivity contribution in [3.63, 3.8) is 0 Å². The summed E-state index contributed by atoms with van der Waals surface area (Å²) >= 11 is 3.30. The molecule has 3 aliphatic rings. The first-order chi connectivity index (χ1) is 12.9. The number of hydrogen-bond donors (Lipinski definition) is 1. The molecule has 1 heterocycles. The SMILES string of the molecule is O=C(COC(=O)CN1C(=O)[C@@H]2[C@H]3CC[C@@H](C3)[C@@H]2C1=O)Nc1ccc(Br)cc1. The van der Waals surface area contributed by atoms with Crippen molar-refractivity contribution in [1.82, 2.24) is 4.90 Å². The summed E-state index contributed by atoms with van der Waals surface area (Å²) in [7, 11) is 0. The third-order valence-electron chi connectivity index (χ3n) is 5.80. The van der Waals surface area contributed by atoms with Crippen molar-refractivity contribution in [2.45, 2.75) is 19.3 Å². The lowest BCUT2D eigenvalue weighted by atomic mass is 9.81. The first kappa shape index (κ1) is 18.2. The van der Waals surface area contributed by atoms with Gasteiger partial charge < -0.3 is 10.1 Å². The van der Waals surface area contributed by atoms with Crippen LogP contribution in [0.1, 0.15) is 19.3 Å². The van der Waals surface area contributed by atoms with Gasteiger partial charge in [0.1, 0.15) is 6.54 Å². The molecule has 3 amide bonds. The molecule has 27 heavy (non-hydrogen) atoms. The molecule has 7 nitrogen and oxygen atoms in total. The van der Waals surface area contributed by atoms with Crippen molar-refractivity contribution in [2.75, 3.05) is 18.5 Å². The van der Waals surface area contributed by atoms with Gasteiger partial charge in [-0.3, -0.25) is 24.1 Å². The molecule has 4 atom stereocenters. The van der Waals surface area contributed by atoms with E-state index in [1.165, 1.54) is 0 Å². The number of halogens is 1. The zero-order chi connectivity index (χ0) is 19.1. The highest BCUT2D eigenvalue weighted by molar-refractivity contribution is 9.10. The van der Waals surface area contributed by atoms with Gasteiger partial charge in [0, 0.05) is 10.2 Å². The molecule has 0 unspecified atom stereocenters. The van der Waals surface area contributed by atoms with E-state index in [1.54, 1.807) is 24.3 Å². The van der Waals surface area contributed by atoms with E-state index < -0.39 is 25.0 Å². The molecule has 1 aromatic rings. The van der Waals surface area contributed by atoms with Gasteiger partial charge in [-0.1, -0.05) is 15.9 Å². The molecule has 0 radical (unpaired) electrons. The second-order valence-corrected chi connectivity index (χ2v) is 8.28. The monoisotopic (exact) mass is 434 g/mol. The molecule has 1 N–H and O–H groups in total. The second-order valence-electron chi connectivity index (χ2n) is 7.36. The second kappa shape index (κ2) is 7.07. The quantitative estimate of drug-likeness (QED) is 0.564. The van der Waals surface area contributed by atoms with Crippen LogP contribution in [0.4, 0.5) is 5.69 Å². The number of carbonyl (C=O) groups excluding carboxylic acids is 4. The van der Waals surface area contributed by atoms with Crippen molar-refractivity contribution in [3.05, 3.63) is 28.7 Å². The smallest absolute Gasteiger partial charge is 0.326 e. The number of esters is 1. The predicted molar refractivity (Wildman–Crippen MR) is 98.3 cm³/mol. The van der Waals surface area contributed by atoms with Crippen LogP contribution in [0.15, 0.2) is 28.7 Å². The molecule has 0 spiro atoms. The predicted octanol–water partition coefficient (Wildman–Crippen LogP) is 1.96. The maximum atomic E-state index is 12.5. The topological polar surface area (TPSA) is 92.8 Å². The van der Waals surface area contributed by atoms with Gasteiger partial charge >= 0.3 is 5.97 Å². The summed E-state index contributed by atoms with van der Waals surface area (Å²) in [6, 6.07) is 6.96. The van der Waals surface area contributed by atoms with E-state index in [0.29, 0.717) is 5.69 Å². The minimum absolute atomic E-state index is 0.256. The Hall–Kier alpha value is -2.22. The van der Waals surface area contributed by atoms with Crippen LogP contribution >= 0.6 is 15.9 Å². The maximum absolute atomic E-state index is 12.5. The summed E-state index contributed by atoms with van der Waals surface area (Å²) in [5, 5.41) is 2.60. The van der Waals surface area contributed by atoms with Crippen LogP contribution in [0.25, 0.3) is 0 Å². The summed E-state index contributed by atoms with van der Waals surface area (Å²) in [5.41, 5.74) is 0.576. The van der Waals surface area contributed by atoms with Crippen LogP contribution in [-0.4, -0.2) is 41.7 Å². The minimum atomic E-state index is -0.755. The fourth-order valence-electron chi connectivity index (χ4n) is 4.68. The Kier molecular flexibility index (Phi) is 4.75. The molecular formula is C19H19BrN2O5. The maximum Gasteiger partial charge on any atom is 0.326 e. The molecule has 2 aliphatic carbocycles. The van der Waals surface area contributed by atoms with Crippen molar-refractivity contribution >= 4 is 45.3 Å². The van der Waals surface area contributed by atoms with Crippen LogP contribution in [0.5, 0.6) is 0 Å². The zero-order valence-corrected chi connectivity index (χ0v) is 16.1. The fourth-order valence-corrected chi connectivity index (χ4v) is 4.94. The van der Waals surface area contributed by atoms with Crippen molar-refractivity contribution in [3.8, 4) is 0 Å². The van der Waals surface area contributed by atoms with Crippen LogP contribution in [-0.2, 0) is 23.9 Å². The molecule has 1 aliphatic heterocycles. The molecule has 1 aromatic carbocycles. The molecule has 2 bridgehead atoms. The van der Waals surface area contributed by atoms with E-state index in [2.05, 4.69) is 21.2 Å². The van der Waals surface area contributed by atoms with Crippen LogP contribution in [0, 0.1) is 23.7 Å². The molecule has 3 fully saturated rings. The Morgan fingerprint density at radius 3 is 2.26 bits per heavy atom. The summed E-state index contributed by atoms with van der Waals surface area (Å²) < 4.78 is 5.82. The first-order valence-electron chi connectivity index (χ1n) is 9.00. The highest BCUT2D eigenvalue weighted by Crippen LogP contribution is 2.56. The van der Waals surface area contributed by atoms with E-state index in [0.717, 1.165) is 28.6 Å². The van der Waals surface area contributed by atoms with Gasteiger partial charge in [-0.15, -0.1) is 0 Å². The number of likely N-dealkylation sites (tertiary alicyclic amines) is 1. The van der Waals surface area contributed by atoms with E-state index >= 15 is 0 Å². The highest BCUT2D eigenvalue weighted by Gasteiger charge is 2.61. The van der Waals surface area contributed by atoms with Gasteiger partial charge in [0.15, 0.2) is 6.61 Å². The molecule has 4 rings (SSSR count). The largest absolute Gasteiger partial charge is 0.454 e. The molecular weight excluding hydrogens is 416 g/mol. The number of fused-ring (bicyclic) bond motifs is 5. The molecule has 8 heteroatoms. The lowest BCUT2D eigenvalue weighted by Gasteiger charge is -2.19. The number of rotatable bonds is 5. The number of nitrogens with one attached hydrogen (secondary N) is 1. The van der Waals surface area contributed by atoms with E-state index in [-0.39, 0.29) is 35.5 Å². The van der Waals surface area contributed by atoms with Gasteiger partial charge in [0.25, 0.3) is 5.91 Å². The number of imide groups is 1. The van der Waals surface area contributed by atoms with Crippen LogP contribution in [0.2, 0.25) is 0 Å². The number of carbonyl (C=O) groups is 4. The third kappa shape index (κ3) is 3.38. The number of amides is 3. The van der Waals surface area contributed by atoms with Gasteiger partial charge in [-0.25, -0.2) is 0 Å². The summed E-state index contributed by atoms with van der Waals surface area (Å²) in [6.07, 6.45) is 2.92. The molecule has 1 saturated heterocycles. The Morgan fingerprint density at radius 2 is 1.67 bits per heavy atom. The first-order valence-corrected chi connectivity index (χ1v) is 9.79. The lowest BCUT2D eigenvalue weighted by molar-refractivity contribution is -0.154. The molecule has 142 valence electrons. The van der Waals surface area contributed by atoms with Crippen LogP contribution < -0.4 is 5.32 Å². The van der Waals surface area contributed by atoms with Crippen molar-refractivity contribution in [2.24, 2.45) is 23.7 Å². The molecule has 0 aromatic heterocycles. The summed E-state index contributed by atoms with van der Waals surface area (Å²) in [6.45, 7) is -0.890. The third-order valence-corrected chi connectivity index (χ3v) is 6.33. The Labute approximate surface area is 164 Å². The number of benzene rings is 1. The van der Waals surface area contributed by atoms with Crippen LogP contribution in [0.3, 0.4) is 0 Å². The average Bonchev–Trinajstić information content (AvgIpc) is 3.32. The minimum Gasteiger partial charge on any atom is -0.454 e. The van der Waals surface area contributed by atoms with Gasteiger partial charge in [0.2, 0.25) is 11.8 Å². The standard InChI is InChI=1S/C19H19BrN2O5/c20-12-3-5-13(6-4-12)21-14(23)9-27-15(24)8-22-18(25)16-10-1-2-11(7-10)17(16)19(22)26/h3-6,10-11,16-17H,1-2,7-9H2,(H,21,23)/t10-,11-,16-,17+/m0/s1. The Balaban J connectivity index is 1.28. The lowest BCUT2D eigenvalue weighted by Crippen LogP contribution is -2.38. The van der Waals surface area contributed by atoms with E-state index in [4.69, 9.17) is 4.74 Å². The Bertz CT molecular complexity index is 781. The number of hydrogen-bond acceptors (Lipinski definition) is 5. The zero-order valence-electron chi connectivity index (χ0n) is 14.5. The van der Waals surface area contributed by atoms with Gasteiger partial charge in [-0.2, -0.15) is 0 Å². The average molecular weight is 435 g/mol. The Morgan fingerprint density at radius 1 is 1.07 bits per heavy atom. The van der Waals surface area contributed by atoms with Crippen molar-refractivity contribution in [1.29, 1.82) is 0 Å². The van der Waals surface area contributed by atoms with Gasteiger partial charge in [0.05, 0.1) is 11.8 Å². The number of nitrogens with zero attached hydrogens (tertiary/aromatic N) is 1. The summed E-state index contributed by atoms with van der Waals surface area (Å²) in [4.78, 5) is 50.0. The molecule has 2 saturated carbocycles. The normalized spacial score (nSPS) is 28.4. The van der Waals surface area contributed by atoms with Crippen molar-refractivity contribution < 1.29 is 23.9 Å². The van der Waals surface area contributed by atoms with E-state index in [1.807, 2.05) is 0 Å². The fraction of sp³-hybridized carbons (Fsp3) is 0.474. The highest BCUT2D eigenvalue weighted by atomic mass is 79.9. The number of anilines is 1. The summed E-state index contributed by atoms with van der Waals surface area (Å²) in [5.74, 6) is -1.73.